The van der Waals surface area contributed by atoms with Crippen LogP contribution in [0, 0.1) is 19.7 Å². The second kappa shape index (κ2) is 13.3. The third-order valence-corrected chi connectivity index (χ3v) is 6.79. The molecule has 0 saturated heterocycles. The average Bonchev–Trinajstić information content (AvgIpc) is 3.62. The van der Waals surface area contributed by atoms with E-state index in [1.807, 2.05) is 24.3 Å². The smallest absolute Gasteiger partial charge is 0.307 e. The van der Waals surface area contributed by atoms with Crippen molar-refractivity contribution in [2.24, 2.45) is 5.10 Å². The summed E-state index contributed by atoms with van der Waals surface area (Å²) >= 11 is 6.24. The van der Waals surface area contributed by atoms with Crippen molar-refractivity contribution in [1.29, 1.82) is 0 Å². The van der Waals surface area contributed by atoms with Crippen molar-refractivity contribution in [3.8, 4) is 22.9 Å². The molecule has 2 aromatic heterocycles. The Balaban J connectivity index is 1.19. The van der Waals surface area contributed by atoms with Crippen LogP contribution in [0.1, 0.15) is 38.8 Å². The van der Waals surface area contributed by atoms with Gasteiger partial charge in [-0.1, -0.05) is 23.7 Å². The maximum Gasteiger partial charge on any atom is 0.307 e. The summed E-state index contributed by atoms with van der Waals surface area (Å²) in [6.07, 6.45) is 1.39. The van der Waals surface area contributed by atoms with E-state index in [0.717, 1.165) is 22.6 Å². The van der Waals surface area contributed by atoms with Crippen molar-refractivity contribution in [2.75, 3.05) is 7.11 Å². The van der Waals surface area contributed by atoms with Crippen LogP contribution in [-0.4, -0.2) is 23.8 Å². The van der Waals surface area contributed by atoms with Crippen molar-refractivity contribution < 1.29 is 27.8 Å². The summed E-state index contributed by atoms with van der Waals surface area (Å²) < 4.78 is 38.3. The number of aromatic nitrogens is 1. The molecular weight excluding hydrogens is 573 g/mol. The quantitative estimate of drug-likeness (QED) is 0.126. The monoisotopic (exact) mass is 601 g/mol. The SMILES string of the molecule is COc1cc(Cl)cc(C=NNC(=O)c2ccc(COc3ccc(-n4c(C)ccc4C)cc3)o2)c1OCc1ccc(F)cc1. The molecule has 0 fully saturated rings. The summed E-state index contributed by atoms with van der Waals surface area (Å²) in [5.41, 5.74) is 7.02. The van der Waals surface area contributed by atoms with Crippen molar-refractivity contribution in [3.05, 3.63) is 130 Å². The van der Waals surface area contributed by atoms with Crippen LogP contribution in [0.4, 0.5) is 4.39 Å². The van der Waals surface area contributed by atoms with Gasteiger partial charge in [-0.25, -0.2) is 9.82 Å². The molecule has 0 aliphatic carbocycles. The largest absolute Gasteiger partial charge is 0.493 e. The first-order valence-corrected chi connectivity index (χ1v) is 13.7. The van der Waals surface area contributed by atoms with Crippen LogP contribution in [0.5, 0.6) is 17.2 Å². The zero-order chi connectivity index (χ0) is 30.3. The molecule has 1 N–H and O–H groups in total. The minimum absolute atomic E-state index is 0.0705. The predicted octanol–water partition coefficient (Wildman–Crippen LogP) is 7.41. The summed E-state index contributed by atoms with van der Waals surface area (Å²) in [5, 5.41) is 4.43. The van der Waals surface area contributed by atoms with Gasteiger partial charge in [0.1, 0.15) is 30.5 Å². The van der Waals surface area contributed by atoms with E-state index < -0.39 is 5.91 Å². The van der Waals surface area contributed by atoms with E-state index in [9.17, 15) is 9.18 Å². The highest BCUT2D eigenvalue weighted by atomic mass is 35.5. The highest BCUT2D eigenvalue weighted by molar-refractivity contribution is 6.31. The zero-order valence-corrected chi connectivity index (χ0v) is 24.5. The molecule has 10 heteroatoms. The zero-order valence-electron chi connectivity index (χ0n) is 23.8. The molecule has 0 aliphatic rings. The van der Waals surface area contributed by atoms with Crippen LogP contribution in [0.15, 0.2) is 94.4 Å². The third kappa shape index (κ3) is 7.25. The van der Waals surface area contributed by atoms with E-state index in [1.54, 1.807) is 36.4 Å². The topological polar surface area (TPSA) is 87.2 Å². The molecule has 5 rings (SSSR count). The third-order valence-electron chi connectivity index (χ3n) is 6.57. The lowest BCUT2D eigenvalue weighted by Gasteiger charge is -2.14. The number of hydrazone groups is 1. The Morgan fingerprint density at radius 1 is 0.953 bits per heavy atom. The van der Waals surface area contributed by atoms with Crippen LogP contribution in [0.2, 0.25) is 5.02 Å². The molecule has 8 nitrogen and oxygen atoms in total. The summed E-state index contributed by atoms with van der Waals surface area (Å²) in [7, 11) is 1.48. The maximum atomic E-state index is 13.2. The van der Waals surface area contributed by atoms with E-state index in [2.05, 4.69) is 41.1 Å². The average molecular weight is 602 g/mol. The number of hydrogen-bond acceptors (Lipinski definition) is 6. The first-order chi connectivity index (χ1) is 20.8. The number of furan rings is 1. The molecule has 5 aromatic rings. The molecule has 43 heavy (non-hydrogen) atoms. The van der Waals surface area contributed by atoms with Gasteiger partial charge < -0.3 is 23.2 Å². The molecule has 2 heterocycles. The van der Waals surface area contributed by atoms with E-state index >= 15 is 0 Å². The van der Waals surface area contributed by atoms with Gasteiger partial charge in [0.25, 0.3) is 0 Å². The van der Waals surface area contributed by atoms with Crippen molar-refractivity contribution in [2.45, 2.75) is 27.1 Å². The summed E-state index contributed by atoms with van der Waals surface area (Å²) in [6.45, 7) is 4.42. The Morgan fingerprint density at radius 2 is 1.67 bits per heavy atom. The first-order valence-electron chi connectivity index (χ1n) is 13.4. The maximum absolute atomic E-state index is 13.2. The van der Waals surface area contributed by atoms with Crippen molar-refractivity contribution >= 4 is 23.7 Å². The molecule has 0 spiro atoms. The Labute approximate surface area is 253 Å². The molecule has 0 radical (unpaired) electrons. The fourth-order valence-electron chi connectivity index (χ4n) is 4.44. The lowest BCUT2D eigenvalue weighted by atomic mass is 10.2. The standard InChI is InChI=1S/C33H29ClFN3O5/c1-21-4-5-22(2)38(21)27-10-12-28(13-11-27)41-20-29-14-15-30(43-29)33(39)37-36-18-24-16-25(34)17-31(40-3)32(24)42-19-23-6-8-26(35)9-7-23/h4-18H,19-20H2,1-3H3,(H,37,39). The summed E-state index contributed by atoms with van der Waals surface area (Å²) in [5.74, 6) is 1.07. The number of aryl methyl sites for hydroxylation is 2. The van der Waals surface area contributed by atoms with E-state index in [1.165, 1.54) is 25.5 Å². The van der Waals surface area contributed by atoms with E-state index in [0.29, 0.717) is 33.6 Å². The number of nitrogens with zero attached hydrogens (tertiary/aromatic N) is 2. The number of hydrogen-bond donors (Lipinski definition) is 1. The molecule has 0 aliphatic heterocycles. The lowest BCUT2D eigenvalue weighted by Crippen LogP contribution is -2.17. The molecule has 0 atom stereocenters. The number of amides is 1. The highest BCUT2D eigenvalue weighted by Crippen LogP contribution is 2.34. The molecule has 3 aromatic carbocycles. The molecule has 1 amide bonds. The molecule has 220 valence electrons. The first kappa shape index (κ1) is 29.5. The minimum Gasteiger partial charge on any atom is -0.493 e. The lowest BCUT2D eigenvalue weighted by molar-refractivity contribution is 0.0923. The van der Waals surface area contributed by atoms with Crippen LogP contribution >= 0.6 is 11.6 Å². The molecule has 0 unspecified atom stereocenters. The van der Waals surface area contributed by atoms with Gasteiger partial charge in [-0.3, -0.25) is 4.79 Å². The van der Waals surface area contributed by atoms with Gasteiger partial charge in [-0.2, -0.15) is 5.10 Å². The number of benzene rings is 3. The van der Waals surface area contributed by atoms with Gasteiger partial charge in [0.15, 0.2) is 17.3 Å². The number of ether oxygens (including phenoxy) is 3. The van der Waals surface area contributed by atoms with E-state index in [-0.39, 0.29) is 24.8 Å². The van der Waals surface area contributed by atoms with Crippen LogP contribution in [0.25, 0.3) is 5.69 Å². The van der Waals surface area contributed by atoms with Crippen LogP contribution < -0.4 is 19.6 Å². The van der Waals surface area contributed by atoms with Gasteiger partial charge in [-0.15, -0.1) is 0 Å². The molecule has 0 saturated carbocycles. The van der Waals surface area contributed by atoms with Crippen molar-refractivity contribution in [1.82, 2.24) is 9.99 Å². The van der Waals surface area contributed by atoms with Crippen LogP contribution in [0.3, 0.4) is 0 Å². The Morgan fingerprint density at radius 3 is 2.37 bits per heavy atom. The number of methoxy groups -OCH3 is 1. The minimum atomic E-state index is -0.549. The normalized spacial score (nSPS) is 11.1. The number of carbonyl (C=O) groups excluding carboxylic acids is 1. The van der Waals surface area contributed by atoms with Crippen molar-refractivity contribution in [3.63, 3.8) is 0 Å². The molecular formula is C33H29ClFN3O5. The fraction of sp³-hybridized carbons (Fsp3) is 0.152. The number of rotatable bonds is 11. The number of nitrogens with one attached hydrogen (secondary N) is 1. The van der Waals surface area contributed by atoms with Crippen LogP contribution in [-0.2, 0) is 13.2 Å². The van der Waals surface area contributed by atoms with Gasteiger partial charge in [-0.05, 0) is 86.1 Å². The second-order valence-corrected chi connectivity index (χ2v) is 10.1. The summed E-state index contributed by atoms with van der Waals surface area (Å²) in [6, 6.07) is 24.3. The Bertz CT molecular complexity index is 1720. The van der Waals surface area contributed by atoms with Gasteiger partial charge in [0.2, 0.25) is 0 Å². The summed E-state index contributed by atoms with van der Waals surface area (Å²) in [4.78, 5) is 12.7. The number of halogens is 2. The second-order valence-electron chi connectivity index (χ2n) is 9.64. The van der Waals surface area contributed by atoms with E-state index in [4.69, 9.17) is 30.2 Å². The molecule has 0 bridgehead atoms. The van der Waals surface area contributed by atoms with Gasteiger partial charge >= 0.3 is 5.91 Å². The fourth-order valence-corrected chi connectivity index (χ4v) is 4.66. The predicted molar refractivity (Wildman–Crippen MR) is 162 cm³/mol. The highest BCUT2D eigenvalue weighted by Gasteiger charge is 2.14. The Hall–Kier alpha value is -5.02. The number of carbonyl (C=O) groups is 1. The van der Waals surface area contributed by atoms with Gasteiger partial charge in [0, 0.05) is 33.7 Å². The van der Waals surface area contributed by atoms with Gasteiger partial charge in [0.05, 0.1) is 13.3 Å². The Kier molecular flexibility index (Phi) is 9.12.